The van der Waals surface area contributed by atoms with E-state index >= 15 is 0 Å². The molecule has 2 N–H and O–H groups in total. The molecule has 3 rings (SSSR count). The molecule has 1 unspecified atom stereocenters. The third kappa shape index (κ3) is 5.69. The molecule has 0 spiro atoms. The van der Waals surface area contributed by atoms with Gasteiger partial charge >= 0.3 is 6.03 Å². The quantitative estimate of drug-likeness (QED) is 0.321. The summed E-state index contributed by atoms with van der Waals surface area (Å²) in [6.45, 7) is 2.91. The van der Waals surface area contributed by atoms with Crippen LogP contribution in [0.3, 0.4) is 0 Å². The Labute approximate surface area is 184 Å². The molecule has 2 amide bonds. The summed E-state index contributed by atoms with van der Waals surface area (Å²) in [5.74, 6) is -1.75. The highest BCUT2D eigenvalue weighted by Crippen LogP contribution is 2.22. The Morgan fingerprint density at radius 3 is 2.69 bits per heavy atom. The van der Waals surface area contributed by atoms with Crippen LogP contribution < -0.4 is 10.6 Å². The van der Waals surface area contributed by atoms with Crippen LogP contribution >= 0.6 is 0 Å². The zero-order valence-corrected chi connectivity index (χ0v) is 17.5. The second kappa shape index (κ2) is 10.5. The number of carbonyl (C=O) groups excluding carboxylic acids is 1. The van der Waals surface area contributed by atoms with Gasteiger partial charge in [-0.05, 0) is 36.8 Å². The molecule has 2 aromatic rings. The van der Waals surface area contributed by atoms with Crippen molar-refractivity contribution in [3.63, 3.8) is 0 Å². The van der Waals surface area contributed by atoms with Gasteiger partial charge < -0.3 is 15.1 Å². The molecule has 32 heavy (non-hydrogen) atoms. The van der Waals surface area contributed by atoms with Crippen LogP contribution in [0.2, 0.25) is 0 Å². The number of guanidine groups is 1. The van der Waals surface area contributed by atoms with Crippen LogP contribution in [0.5, 0.6) is 0 Å². The minimum absolute atomic E-state index is 0.0725. The summed E-state index contributed by atoms with van der Waals surface area (Å²) < 4.78 is 41.0. The number of nitrogens with one attached hydrogen (secondary N) is 2. The standard InChI is InChI=1S/C22H23F3N6O/c1-2-4-18-13-30(21(27-14-26)29-20-12-16(24)7-8-19(20)25)9-10-31(18)22(32)28-17-6-3-5-15(23)11-17/h3,5-8,11-12,18H,2,4,9-10,13H2,1H3,(H,27,29)(H,28,32). The Morgan fingerprint density at radius 2 is 1.97 bits per heavy atom. The van der Waals surface area contributed by atoms with Crippen LogP contribution in [-0.4, -0.2) is 47.5 Å². The number of benzene rings is 2. The molecule has 7 nitrogen and oxygen atoms in total. The molecule has 1 aliphatic rings. The predicted molar refractivity (Wildman–Crippen MR) is 115 cm³/mol. The minimum atomic E-state index is -0.721. The van der Waals surface area contributed by atoms with E-state index in [0.717, 1.165) is 24.6 Å². The number of carbonyl (C=O) groups is 1. The van der Waals surface area contributed by atoms with Gasteiger partial charge in [-0.1, -0.05) is 19.4 Å². The molecule has 1 saturated heterocycles. The smallest absolute Gasteiger partial charge is 0.322 e. The molecule has 1 aliphatic heterocycles. The van der Waals surface area contributed by atoms with Crippen molar-refractivity contribution in [1.82, 2.24) is 15.1 Å². The van der Waals surface area contributed by atoms with Gasteiger partial charge in [-0.3, -0.25) is 5.32 Å². The van der Waals surface area contributed by atoms with Crippen molar-refractivity contribution >= 4 is 23.4 Å². The van der Waals surface area contributed by atoms with E-state index in [1.54, 1.807) is 22.1 Å². The number of rotatable bonds is 4. The summed E-state index contributed by atoms with van der Waals surface area (Å²) in [5, 5.41) is 14.3. The summed E-state index contributed by atoms with van der Waals surface area (Å²) >= 11 is 0. The van der Waals surface area contributed by atoms with Crippen LogP contribution in [0.4, 0.5) is 29.3 Å². The maximum atomic E-state index is 14.0. The van der Waals surface area contributed by atoms with Crippen molar-refractivity contribution < 1.29 is 18.0 Å². The molecule has 0 radical (unpaired) electrons. The fraction of sp³-hybridized carbons (Fsp3) is 0.318. The van der Waals surface area contributed by atoms with Crippen molar-refractivity contribution in [2.45, 2.75) is 25.8 Å². The molecule has 2 aromatic carbocycles. The molecule has 0 aliphatic carbocycles. The van der Waals surface area contributed by atoms with E-state index in [0.29, 0.717) is 31.7 Å². The average Bonchev–Trinajstić information content (AvgIpc) is 2.76. The summed E-state index contributed by atoms with van der Waals surface area (Å²) in [6, 6.07) is 7.93. The minimum Gasteiger partial charge on any atom is -0.338 e. The molecular weight excluding hydrogens is 421 g/mol. The van der Waals surface area contributed by atoms with Crippen molar-refractivity contribution in [1.29, 1.82) is 5.26 Å². The number of anilines is 1. The number of amides is 2. The third-order valence-corrected chi connectivity index (χ3v) is 5.04. The lowest BCUT2D eigenvalue weighted by molar-refractivity contribution is 0.129. The fourth-order valence-corrected chi connectivity index (χ4v) is 3.57. The van der Waals surface area contributed by atoms with E-state index < -0.39 is 17.5 Å². The van der Waals surface area contributed by atoms with Gasteiger partial charge in [0.15, 0.2) is 6.19 Å². The lowest BCUT2D eigenvalue weighted by Gasteiger charge is -2.42. The van der Waals surface area contributed by atoms with E-state index in [9.17, 15) is 18.0 Å². The third-order valence-electron chi connectivity index (χ3n) is 5.04. The molecule has 0 aromatic heterocycles. The molecule has 168 valence electrons. The number of nitriles is 1. The topological polar surface area (TPSA) is 83.8 Å². The maximum Gasteiger partial charge on any atom is 0.322 e. The molecular formula is C22H23F3N6O. The Bertz CT molecular complexity index is 1040. The fourth-order valence-electron chi connectivity index (χ4n) is 3.57. The highest BCUT2D eigenvalue weighted by Gasteiger charge is 2.31. The van der Waals surface area contributed by atoms with Crippen molar-refractivity contribution in [3.05, 3.63) is 59.9 Å². The number of nitrogens with zero attached hydrogens (tertiary/aromatic N) is 4. The first-order valence-corrected chi connectivity index (χ1v) is 10.2. The maximum absolute atomic E-state index is 14.0. The van der Waals surface area contributed by atoms with Gasteiger partial charge in [-0.25, -0.2) is 23.0 Å². The number of hydrogen-bond acceptors (Lipinski definition) is 3. The van der Waals surface area contributed by atoms with Gasteiger partial charge in [-0.2, -0.15) is 5.26 Å². The number of aliphatic imine (C=N–C) groups is 1. The van der Waals surface area contributed by atoms with Crippen LogP contribution in [0, 0.1) is 28.9 Å². The van der Waals surface area contributed by atoms with Crippen LogP contribution in [0.25, 0.3) is 0 Å². The van der Waals surface area contributed by atoms with Crippen LogP contribution in [0.1, 0.15) is 19.8 Å². The van der Waals surface area contributed by atoms with E-state index in [1.807, 2.05) is 6.92 Å². The van der Waals surface area contributed by atoms with E-state index in [-0.39, 0.29) is 23.7 Å². The first-order chi connectivity index (χ1) is 15.4. The normalized spacial score (nSPS) is 16.5. The second-order valence-corrected chi connectivity index (χ2v) is 7.29. The van der Waals surface area contributed by atoms with Crippen molar-refractivity contribution in [2.24, 2.45) is 4.99 Å². The Kier molecular flexibility index (Phi) is 7.54. The predicted octanol–water partition coefficient (Wildman–Crippen LogP) is 4.18. The Balaban J connectivity index is 1.79. The molecule has 1 heterocycles. The SMILES string of the molecule is CCCC1CN(C(=Nc2cc(F)ccc2F)NC#N)CCN1C(=O)Nc1cccc(F)c1. The summed E-state index contributed by atoms with van der Waals surface area (Å²) in [4.78, 5) is 20.3. The number of piperazine rings is 1. The van der Waals surface area contributed by atoms with Crippen molar-refractivity contribution in [3.8, 4) is 6.19 Å². The molecule has 1 atom stereocenters. The van der Waals surface area contributed by atoms with Gasteiger partial charge in [0.25, 0.3) is 0 Å². The highest BCUT2D eigenvalue weighted by atomic mass is 19.1. The second-order valence-electron chi connectivity index (χ2n) is 7.29. The van der Waals surface area contributed by atoms with E-state index in [2.05, 4.69) is 15.6 Å². The lowest BCUT2D eigenvalue weighted by Crippen LogP contribution is -2.59. The summed E-state index contributed by atoms with van der Waals surface area (Å²) in [5.41, 5.74) is 0.115. The molecule has 1 fully saturated rings. The summed E-state index contributed by atoms with van der Waals surface area (Å²) in [6.07, 6.45) is 3.23. The van der Waals surface area contributed by atoms with Gasteiger partial charge in [0.05, 0.1) is 6.04 Å². The van der Waals surface area contributed by atoms with Gasteiger partial charge in [0.2, 0.25) is 5.96 Å². The van der Waals surface area contributed by atoms with Crippen LogP contribution in [-0.2, 0) is 0 Å². The Morgan fingerprint density at radius 1 is 1.19 bits per heavy atom. The number of hydrogen-bond donors (Lipinski definition) is 2. The molecule has 0 saturated carbocycles. The zero-order chi connectivity index (χ0) is 23.1. The lowest BCUT2D eigenvalue weighted by atomic mass is 10.1. The van der Waals surface area contributed by atoms with Crippen LogP contribution in [0.15, 0.2) is 47.5 Å². The zero-order valence-electron chi connectivity index (χ0n) is 17.5. The molecule has 10 heteroatoms. The molecule has 0 bridgehead atoms. The largest absolute Gasteiger partial charge is 0.338 e. The van der Waals surface area contributed by atoms with Crippen molar-refractivity contribution in [2.75, 3.05) is 25.0 Å². The first-order valence-electron chi connectivity index (χ1n) is 10.2. The summed E-state index contributed by atoms with van der Waals surface area (Å²) in [7, 11) is 0. The average molecular weight is 444 g/mol. The first kappa shape index (κ1) is 22.9. The monoisotopic (exact) mass is 444 g/mol. The van der Waals surface area contributed by atoms with Gasteiger partial charge in [-0.15, -0.1) is 0 Å². The highest BCUT2D eigenvalue weighted by molar-refractivity contribution is 5.90. The number of halogens is 3. The van der Waals surface area contributed by atoms with E-state index in [1.165, 1.54) is 18.2 Å². The number of urea groups is 1. The van der Waals surface area contributed by atoms with E-state index in [4.69, 9.17) is 5.26 Å². The van der Waals surface area contributed by atoms with Gasteiger partial charge in [0.1, 0.15) is 23.1 Å². The van der Waals surface area contributed by atoms with Gasteiger partial charge in [0, 0.05) is 31.4 Å². The Hall–Kier alpha value is -3.74.